The number of carbonyl (C=O) groups excluding carboxylic acids is 1. The summed E-state index contributed by atoms with van der Waals surface area (Å²) < 4.78 is 23.7. The van der Waals surface area contributed by atoms with Gasteiger partial charge in [-0.2, -0.15) is 12.7 Å². The predicted molar refractivity (Wildman–Crippen MR) is 72.5 cm³/mol. The molecule has 0 aromatic carbocycles. The number of nitrogens with two attached hydrogens (primary N) is 1. The Bertz CT molecular complexity index is 435. The zero-order valence-electron chi connectivity index (χ0n) is 11.5. The molecular formula is C12H23N3O3S. The molecule has 0 spiro atoms. The van der Waals surface area contributed by atoms with E-state index < -0.39 is 10.2 Å². The van der Waals surface area contributed by atoms with Crippen molar-refractivity contribution in [3.8, 4) is 0 Å². The van der Waals surface area contributed by atoms with Crippen molar-refractivity contribution in [1.82, 2.24) is 9.21 Å². The van der Waals surface area contributed by atoms with Crippen LogP contribution in [0.15, 0.2) is 0 Å². The molecule has 0 aromatic rings. The van der Waals surface area contributed by atoms with Crippen LogP contribution in [0.5, 0.6) is 0 Å². The lowest BCUT2D eigenvalue weighted by Crippen LogP contribution is -2.55. The Kier molecular flexibility index (Phi) is 4.17. The van der Waals surface area contributed by atoms with Gasteiger partial charge in [0.2, 0.25) is 5.91 Å². The second kappa shape index (κ2) is 5.38. The average molecular weight is 289 g/mol. The summed E-state index contributed by atoms with van der Waals surface area (Å²) in [6.45, 7) is 3.60. The van der Waals surface area contributed by atoms with Crippen LogP contribution in [0.25, 0.3) is 0 Å². The molecule has 1 amide bonds. The molecule has 1 saturated heterocycles. The zero-order valence-corrected chi connectivity index (χ0v) is 12.3. The third-order valence-electron chi connectivity index (χ3n) is 4.58. The van der Waals surface area contributed by atoms with Gasteiger partial charge in [-0.25, -0.2) is 5.14 Å². The van der Waals surface area contributed by atoms with E-state index in [9.17, 15) is 13.2 Å². The van der Waals surface area contributed by atoms with Gasteiger partial charge in [-0.15, -0.1) is 0 Å². The van der Waals surface area contributed by atoms with Crippen molar-refractivity contribution in [2.75, 3.05) is 26.2 Å². The van der Waals surface area contributed by atoms with Gasteiger partial charge in [-0.05, 0) is 19.3 Å². The smallest absolute Gasteiger partial charge is 0.277 e. The van der Waals surface area contributed by atoms with E-state index in [1.54, 1.807) is 0 Å². The van der Waals surface area contributed by atoms with Gasteiger partial charge in [0.1, 0.15) is 0 Å². The number of nitrogens with zero attached hydrogens (tertiary/aromatic N) is 2. The molecule has 2 fully saturated rings. The number of carbonyl (C=O) groups is 1. The molecular weight excluding hydrogens is 266 g/mol. The fourth-order valence-corrected chi connectivity index (χ4v) is 3.92. The first-order valence-electron chi connectivity index (χ1n) is 6.96. The van der Waals surface area contributed by atoms with Gasteiger partial charge in [0.15, 0.2) is 0 Å². The summed E-state index contributed by atoms with van der Waals surface area (Å²) in [7, 11) is -3.62. The molecule has 0 atom stereocenters. The minimum Gasteiger partial charge on any atom is -0.340 e. The Morgan fingerprint density at radius 1 is 1.16 bits per heavy atom. The lowest BCUT2D eigenvalue weighted by Gasteiger charge is -2.38. The Morgan fingerprint density at radius 2 is 1.68 bits per heavy atom. The van der Waals surface area contributed by atoms with E-state index in [-0.39, 0.29) is 11.3 Å². The molecule has 7 heteroatoms. The fourth-order valence-electron chi connectivity index (χ4n) is 3.25. The Morgan fingerprint density at radius 3 is 2.11 bits per heavy atom. The van der Waals surface area contributed by atoms with Crippen LogP contribution in [0.3, 0.4) is 0 Å². The lowest BCUT2D eigenvalue weighted by atomic mass is 9.81. The van der Waals surface area contributed by atoms with E-state index in [1.165, 1.54) is 4.31 Å². The summed E-state index contributed by atoms with van der Waals surface area (Å²) in [5, 5.41) is 5.10. The summed E-state index contributed by atoms with van der Waals surface area (Å²) >= 11 is 0. The number of rotatable bonds is 3. The molecule has 0 aromatic heterocycles. The van der Waals surface area contributed by atoms with Gasteiger partial charge in [0.05, 0.1) is 0 Å². The molecule has 0 bridgehead atoms. The Balaban J connectivity index is 1.99. The molecule has 0 radical (unpaired) electrons. The highest BCUT2D eigenvalue weighted by Gasteiger charge is 2.42. The van der Waals surface area contributed by atoms with Crippen LogP contribution < -0.4 is 5.14 Å². The number of amides is 1. The number of hydrogen-bond acceptors (Lipinski definition) is 3. The maximum atomic E-state index is 12.6. The average Bonchev–Trinajstić information content (AvgIpc) is 2.87. The molecule has 110 valence electrons. The maximum Gasteiger partial charge on any atom is 0.277 e. The molecule has 6 nitrogen and oxygen atoms in total. The van der Waals surface area contributed by atoms with Crippen molar-refractivity contribution in [3.63, 3.8) is 0 Å². The molecule has 1 heterocycles. The van der Waals surface area contributed by atoms with Gasteiger partial charge < -0.3 is 4.90 Å². The third-order valence-corrected chi connectivity index (χ3v) is 5.66. The second-order valence-electron chi connectivity index (χ2n) is 5.58. The first kappa shape index (κ1) is 14.7. The standard InChI is InChI=1S/C12H23N3O3S/c1-2-12(5-3-4-6-12)11(16)14-7-9-15(10-8-14)19(13,17)18/h2-10H2,1H3,(H2,13,17,18). The predicted octanol–water partition coefficient (Wildman–Crippen LogP) is 0.305. The minimum atomic E-state index is -3.62. The van der Waals surface area contributed by atoms with Gasteiger partial charge in [0.25, 0.3) is 10.2 Å². The fraction of sp³-hybridized carbons (Fsp3) is 0.917. The van der Waals surface area contributed by atoms with Crippen LogP contribution in [0, 0.1) is 5.41 Å². The van der Waals surface area contributed by atoms with E-state index in [1.807, 2.05) is 4.90 Å². The van der Waals surface area contributed by atoms with Crippen LogP contribution >= 0.6 is 0 Å². The molecule has 1 aliphatic carbocycles. The summed E-state index contributed by atoms with van der Waals surface area (Å²) in [6, 6.07) is 0. The van der Waals surface area contributed by atoms with Gasteiger partial charge >= 0.3 is 0 Å². The highest BCUT2D eigenvalue weighted by atomic mass is 32.2. The van der Waals surface area contributed by atoms with Gasteiger partial charge in [-0.3, -0.25) is 4.79 Å². The number of piperazine rings is 1. The van der Waals surface area contributed by atoms with Crippen LogP contribution in [-0.2, 0) is 15.0 Å². The first-order valence-corrected chi connectivity index (χ1v) is 8.47. The van der Waals surface area contributed by atoms with Gasteiger partial charge in [-0.1, -0.05) is 19.8 Å². The summed E-state index contributed by atoms with van der Waals surface area (Å²) in [6.07, 6.45) is 5.06. The second-order valence-corrected chi connectivity index (χ2v) is 7.12. The SMILES string of the molecule is CCC1(C(=O)N2CCN(S(N)(=O)=O)CC2)CCCC1. The van der Waals surface area contributed by atoms with Crippen LogP contribution in [0.1, 0.15) is 39.0 Å². The normalized spacial score (nSPS) is 24.6. The molecule has 19 heavy (non-hydrogen) atoms. The topological polar surface area (TPSA) is 83.7 Å². The quantitative estimate of drug-likeness (QED) is 0.811. The summed E-state index contributed by atoms with van der Waals surface area (Å²) in [5.74, 6) is 0.210. The van der Waals surface area contributed by atoms with Crippen LogP contribution in [-0.4, -0.2) is 49.7 Å². The zero-order chi connectivity index (χ0) is 14.1. The number of hydrogen-bond donors (Lipinski definition) is 1. The Labute approximate surface area is 115 Å². The molecule has 2 rings (SSSR count). The van der Waals surface area contributed by atoms with E-state index in [2.05, 4.69) is 6.92 Å². The van der Waals surface area contributed by atoms with Crippen molar-refractivity contribution in [3.05, 3.63) is 0 Å². The monoisotopic (exact) mass is 289 g/mol. The largest absolute Gasteiger partial charge is 0.340 e. The molecule has 2 N–H and O–H groups in total. The van der Waals surface area contributed by atoms with Crippen molar-refractivity contribution in [1.29, 1.82) is 0 Å². The van der Waals surface area contributed by atoms with Gasteiger partial charge in [0, 0.05) is 31.6 Å². The highest BCUT2D eigenvalue weighted by molar-refractivity contribution is 7.86. The molecule has 1 saturated carbocycles. The summed E-state index contributed by atoms with van der Waals surface area (Å²) in [5.41, 5.74) is -0.191. The lowest BCUT2D eigenvalue weighted by molar-refractivity contribution is -0.143. The van der Waals surface area contributed by atoms with Crippen molar-refractivity contribution in [2.24, 2.45) is 10.6 Å². The Hall–Kier alpha value is -0.660. The molecule has 0 unspecified atom stereocenters. The van der Waals surface area contributed by atoms with Crippen LogP contribution in [0.2, 0.25) is 0 Å². The van der Waals surface area contributed by atoms with Crippen molar-refractivity contribution >= 4 is 16.1 Å². The molecule has 1 aliphatic heterocycles. The van der Waals surface area contributed by atoms with Crippen LogP contribution in [0.4, 0.5) is 0 Å². The first-order chi connectivity index (χ1) is 8.89. The van der Waals surface area contributed by atoms with Crippen molar-refractivity contribution in [2.45, 2.75) is 39.0 Å². The van der Waals surface area contributed by atoms with Crippen molar-refractivity contribution < 1.29 is 13.2 Å². The third kappa shape index (κ3) is 2.93. The summed E-state index contributed by atoms with van der Waals surface area (Å²) in [4.78, 5) is 14.5. The molecule has 2 aliphatic rings. The van der Waals surface area contributed by atoms with E-state index >= 15 is 0 Å². The van der Waals surface area contributed by atoms with E-state index in [4.69, 9.17) is 5.14 Å². The highest BCUT2D eigenvalue weighted by Crippen LogP contribution is 2.42. The van der Waals surface area contributed by atoms with E-state index in [0.29, 0.717) is 26.2 Å². The minimum absolute atomic E-state index is 0.191. The maximum absolute atomic E-state index is 12.6. The van der Waals surface area contributed by atoms with E-state index in [0.717, 1.165) is 32.1 Å².